The molecule has 1 aliphatic rings. The number of nitrogens with one attached hydrogen (secondary N) is 1. The Morgan fingerprint density at radius 1 is 1.23 bits per heavy atom. The van der Waals surface area contributed by atoms with Gasteiger partial charge in [0.25, 0.3) is 0 Å². The molecule has 0 saturated carbocycles. The van der Waals surface area contributed by atoms with E-state index < -0.39 is 0 Å². The van der Waals surface area contributed by atoms with Gasteiger partial charge in [0.2, 0.25) is 0 Å². The van der Waals surface area contributed by atoms with E-state index in [4.69, 9.17) is 4.74 Å². The maximum absolute atomic E-state index is 11.1. The zero-order valence-electron chi connectivity index (χ0n) is 14.8. The van der Waals surface area contributed by atoms with Gasteiger partial charge in [0, 0.05) is 44.6 Å². The standard InChI is InChI=1S/C19H23N3O3.ClH/c1-24-19(23)14-25-17-4-2-15(3-5-17)13-22-11-10-21-12-18(22)16-6-8-20-9-7-16;/h2-9,18,21H,10-14H2,1H3;1H. The Morgan fingerprint density at radius 3 is 2.65 bits per heavy atom. The Morgan fingerprint density at radius 2 is 1.96 bits per heavy atom. The third-order valence-corrected chi connectivity index (χ3v) is 4.34. The maximum atomic E-state index is 11.1. The van der Waals surface area contributed by atoms with Gasteiger partial charge in [-0.1, -0.05) is 12.1 Å². The fraction of sp³-hybridized carbons (Fsp3) is 0.368. The van der Waals surface area contributed by atoms with Crippen molar-refractivity contribution in [1.82, 2.24) is 15.2 Å². The molecule has 26 heavy (non-hydrogen) atoms. The van der Waals surface area contributed by atoms with Crippen molar-refractivity contribution in [3.05, 3.63) is 59.9 Å². The van der Waals surface area contributed by atoms with Crippen LogP contribution in [0.5, 0.6) is 5.75 Å². The summed E-state index contributed by atoms with van der Waals surface area (Å²) in [5, 5.41) is 3.47. The number of benzene rings is 1. The molecule has 3 rings (SSSR count). The summed E-state index contributed by atoms with van der Waals surface area (Å²) < 4.78 is 9.96. The molecule has 0 radical (unpaired) electrons. The van der Waals surface area contributed by atoms with E-state index in [2.05, 4.69) is 32.1 Å². The Balaban J connectivity index is 0.00000243. The first-order chi connectivity index (χ1) is 12.3. The van der Waals surface area contributed by atoms with Crippen LogP contribution in [0.4, 0.5) is 0 Å². The van der Waals surface area contributed by atoms with E-state index in [-0.39, 0.29) is 25.0 Å². The van der Waals surface area contributed by atoms with E-state index in [0.717, 1.165) is 26.2 Å². The van der Waals surface area contributed by atoms with Gasteiger partial charge < -0.3 is 14.8 Å². The largest absolute Gasteiger partial charge is 0.482 e. The SMILES string of the molecule is COC(=O)COc1ccc(CN2CCNCC2c2ccncc2)cc1.Cl. The number of ether oxygens (including phenoxy) is 2. The van der Waals surface area contributed by atoms with E-state index >= 15 is 0 Å². The highest BCUT2D eigenvalue weighted by Gasteiger charge is 2.23. The number of hydrogen-bond acceptors (Lipinski definition) is 6. The molecule has 2 heterocycles. The summed E-state index contributed by atoms with van der Waals surface area (Å²) in [7, 11) is 1.35. The zero-order valence-corrected chi connectivity index (χ0v) is 15.6. The average Bonchev–Trinajstić information content (AvgIpc) is 2.68. The molecule has 6 nitrogen and oxygen atoms in total. The molecule has 1 atom stereocenters. The second-order valence-corrected chi connectivity index (χ2v) is 5.98. The van der Waals surface area contributed by atoms with E-state index in [0.29, 0.717) is 11.8 Å². The van der Waals surface area contributed by atoms with Gasteiger partial charge in [-0.15, -0.1) is 12.4 Å². The fourth-order valence-electron chi connectivity index (χ4n) is 2.98. The molecule has 0 bridgehead atoms. The summed E-state index contributed by atoms with van der Waals surface area (Å²) in [5.41, 5.74) is 2.49. The normalized spacial score (nSPS) is 17.2. The van der Waals surface area contributed by atoms with Crippen LogP contribution < -0.4 is 10.1 Å². The van der Waals surface area contributed by atoms with E-state index in [1.807, 2.05) is 36.7 Å². The number of rotatable bonds is 6. The number of carbonyl (C=O) groups is 1. The first-order valence-electron chi connectivity index (χ1n) is 8.39. The van der Waals surface area contributed by atoms with Crippen molar-refractivity contribution < 1.29 is 14.3 Å². The van der Waals surface area contributed by atoms with Crippen molar-refractivity contribution >= 4 is 18.4 Å². The monoisotopic (exact) mass is 377 g/mol. The second-order valence-electron chi connectivity index (χ2n) is 5.98. The maximum Gasteiger partial charge on any atom is 0.343 e. The van der Waals surface area contributed by atoms with Crippen LogP contribution in [0.2, 0.25) is 0 Å². The van der Waals surface area contributed by atoms with Crippen LogP contribution in [-0.2, 0) is 16.1 Å². The van der Waals surface area contributed by atoms with Crippen molar-refractivity contribution in [2.45, 2.75) is 12.6 Å². The van der Waals surface area contributed by atoms with Crippen LogP contribution in [0.3, 0.4) is 0 Å². The van der Waals surface area contributed by atoms with Crippen LogP contribution in [-0.4, -0.2) is 49.2 Å². The van der Waals surface area contributed by atoms with Crippen LogP contribution >= 0.6 is 12.4 Å². The molecule has 1 aromatic heterocycles. The number of esters is 1. The van der Waals surface area contributed by atoms with Crippen LogP contribution in [0.15, 0.2) is 48.8 Å². The topological polar surface area (TPSA) is 63.7 Å². The Bertz CT molecular complexity index is 682. The molecule has 0 aliphatic carbocycles. The number of nitrogens with zero attached hydrogens (tertiary/aromatic N) is 2. The highest BCUT2D eigenvalue weighted by atomic mass is 35.5. The minimum absolute atomic E-state index is 0. The number of halogens is 1. The van der Waals surface area contributed by atoms with Gasteiger partial charge in [-0.05, 0) is 35.4 Å². The Kier molecular flexibility index (Phi) is 7.84. The third kappa shape index (κ3) is 5.42. The fourth-order valence-corrected chi connectivity index (χ4v) is 2.98. The van der Waals surface area contributed by atoms with Gasteiger partial charge in [-0.25, -0.2) is 4.79 Å². The first-order valence-corrected chi connectivity index (χ1v) is 8.39. The van der Waals surface area contributed by atoms with Gasteiger partial charge >= 0.3 is 5.97 Å². The highest BCUT2D eigenvalue weighted by Crippen LogP contribution is 2.24. The quantitative estimate of drug-likeness (QED) is 0.779. The van der Waals surface area contributed by atoms with Crippen LogP contribution in [0, 0.1) is 0 Å². The van der Waals surface area contributed by atoms with Crippen LogP contribution in [0.1, 0.15) is 17.2 Å². The van der Waals surface area contributed by atoms with E-state index in [1.165, 1.54) is 18.2 Å². The lowest BCUT2D eigenvalue weighted by molar-refractivity contribution is -0.142. The molecule has 1 unspecified atom stereocenters. The highest BCUT2D eigenvalue weighted by molar-refractivity contribution is 5.85. The molecule has 1 aliphatic heterocycles. The molecule has 1 aromatic carbocycles. The Labute approximate surface area is 159 Å². The summed E-state index contributed by atoms with van der Waals surface area (Å²) >= 11 is 0. The summed E-state index contributed by atoms with van der Waals surface area (Å²) in [5.74, 6) is 0.283. The van der Waals surface area contributed by atoms with Gasteiger partial charge in [0.1, 0.15) is 5.75 Å². The lowest BCUT2D eigenvalue weighted by Crippen LogP contribution is -2.45. The van der Waals surface area contributed by atoms with Crippen molar-refractivity contribution in [2.75, 3.05) is 33.4 Å². The number of piperazine rings is 1. The summed E-state index contributed by atoms with van der Waals surface area (Å²) in [6.45, 7) is 3.71. The predicted octanol–water partition coefficient (Wildman–Crippen LogP) is 2.20. The summed E-state index contributed by atoms with van der Waals surface area (Å²) in [4.78, 5) is 17.7. The molecular weight excluding hydrogens is 354 g/mol. The van der Waals surface area contributed by atoms with Gasteiger partial charge in [0.15, 0.2) is 6.61 Å². The first kappa shape index (κ1) is 20.2. The smallest absolute Gasteiger partial charge is 0.343 e. The third-order valence-electron chi connectivity index (χ3n) is 4.34. The number of methoxy groups -OCH3 is 1. The van der Waals surface area contributed by atoms with Crippen molar-refractivity contribution in [2.24, 2.45) is 0 Å². The number of carbonyl (C=O) groups excluding carboxylic acids is 1. The lowest BCUT2D eigenvalue weighted by Gasteiger charge is -2.36. The number of hydrogen-bond donors (Lipinski definition) is 1. The molecule has 7 heteroatoms. The van der Waals surface area contributed by atoms with E-state index in [9.17, 15) is 4.79 Å². The zero-order chi connectivity index (χ0) is 17.5. The molecule has 0 amide bonds. The number of pyridine rings is 1. The minimum Gasteiger partial charge on any atom is -0.482 e. The predicted molar refractivity (Wildman–Crippen MR) is 101 cm³/mol. The average molecular weight is 378 g/mol. The lowest BCUT2D eigenvalue weighted by atomic mass is 10.0. The Hall–Kier alpha value is -2.15. The number of aromatic nitrogens is 1. The molecular formula is C19H24ClN3O3. The van der Waals surface area contributed by atoms with Gasteiger partial charge in [0.05, 0.1) is 7.11 Å². The second kappa shape index (κ2) is 10.1. The van der Waals surface area contributed by atoms with Crippen molar-refractivity contribution in [3.8, 4) is 5.75 Å². The molecule has 140 valence electrons. The van der Waals surface area contributed by atoms with Crippen LogP contribution in [0.25, 0.3) is 0 Å². The molecule has 1 fully saturated rings. The van der Waals surface area contributed by atoms with Crippen molar-refractivity contribution in [1.29, 1.82) is 0 Å². The molecule has 0 spiro atoms. The van der Waals surface area contributed by atoms with E-state index in [1.54, 1.807) is 0 Å². The van der Waals surface area contributed by atoms with Gasteiger partial charge in [-0.3, -0.25) is 9.88 Å². The summed E-state index contributed by atoms with van der Waals surface area (Å²) in [6.07, 6.45) is 3.69. The molecule has 2 aromatic rings. The molecule has 1 saturated heterocycles. The van der Waals surface area contributed by atoms with Crippen molar-refractivity contribution in [3.63, 3.8) is 0 Å². The minimum atomic E-state index is -0.384. The van der Waals surface area contributed by atoms with Gasteiger partial charge in [-0.2, -0.15) is 0 Å². The summed E-state index contributed by atoms with van der Waals surface area (Å²) in [6, 6.07) is 12.4. The molecule has 1 N–H and O–H groups in total.